The molecule has 0 saturated carbocycles. The van der Waals surface area contributed by atoms with Crippen LogP contribution in [0.15, 0.2) is 30.3 Å². The molecule has 21 heavy (non-hydrogen) atoms. The number of hydrogen-bond acceptors (Lipinski definition) is 6. The molecular weight excluding hydrogens is 309 g/mol. The standard InChI is InChI=1S/C12H15NO6S.Na/c1-18-11(14)10(8-20(16)17)13-12(15)19-7-9-5-3-2-4-6-9;/h2-6,10H,7-8H2,1H3,(H,13,15)(H,16,17);/q;+1/p-1/t10-;/m0./s1. The van der Waals surface area contributed by atoms with E-state index in [-0.39, 0.29) is 36.2 Å². The minimum Gasteiger partial charge on any atom is -0.772 e. The van der Waals surface area contributed by atoms with Crippen LogP contribution in [0.2, 0.25) is 0 Å². The first-order valence-corrected chi connectivity index (χ1v) is 6.88. The zero-order chi connectivity index (χ0) is 15.0. The first-order chi connectivity index (χ1) is 9.52. The Labute approximate surface area is 147 Å². The summed E-state index contributed by atoms with van der Waals surface area (Å²) in [5.41, 5.74) is 0.768. The molecule has 0 bridgehead atoms. The monoisotopic (exact) mass is 323 g/mol. The van der Waals surface area contributed by atoms with E-state index in [0.29, 0.717) is 0 Å². The molecule has 1 rings (SSSR count). The summed E-state index contributed by atoms with van der Waals surface area (Å²) >= 11 is -2.50. The predicted octanol–water partition coefficient (Wildman–Crippen LogP) is -2.66. The van der Waals surface area contributed by atoms with Gasteiger partial charge in [-0.05, 0) is 5.56 Å². The van der Waals surface area contributed by atoms with Gasteiger partial charge in [0.2, 0.25) is 0 Å². The number of ether oxygens (including phenoxy) is 2. The van der Waals surface area contributed by atoms with Gasteiger partial charge in [0.25, 0.3) is 0 Å². The van der Waals surface area contributed by atoms with Crippen LogP contribution in [0.5, 0.6) is 0 Å². The van der Waals surface area contributed by atoms with Gasteiger partial charge >= 0.3 is 41.6 Å². The Balaban J connectivity index is 0.00000400. The number of amides is 1. The molecule has 0 spiro atoms. The largest absolute Gasteiger partial charge is 1.00 e. The number of rotatable bonds is 6. The average Bonchev–Trinajstić information content (AvgIpc) is 2.44. The van der Waals surface area contributed by atoms with Crippen LogP contribution in [0.1, 0.15) is 5.56 Å². The van der Waals surface area contributed by atoms with Crippen LogP contribution < -0.4 is 34.9 Å². The van der Waals surface area contributed by atoms with Crippen LogP contribution in [-0.2, 0) is 32.0 Å². The predicted molar refractivity (Wildman–Crippen MR) is 69.4 cm³/mol. The van der Waals surface area contributed by atoms with E-state index in [1.54, 1.807) is 24.3 Å². The summed E-state index contributed by atoms with van der Waals surface area (Å²) < 4.78 is 30.5. The minimum atomic E-state index is -2.50. The van der Waals surface area contributed by atoms with Gasteiger partial charge in [0, 0.05) is 5.75 Å². The van der Waals surface area contributed by atoms with Crippen LogP contribution in [0, 0.1) is 0 Å². The van der Waals surface area contributed by atoms with Crippen LogP contribution in [0.4, 0.5) is 4.79 Å². The van der Waals surface area contributed by atoms with Crippen molar-refractivity contribution in [2.24, 2.45) is 0 Å². The van der Waals surface area contributed by atoms with E-state index in [0.717, 1.165) is 12.7 Å². The molecule has 0 aliphatic carbocycles. The minimum absolute atomic E-state index is 0. The number of hydrogen-bond donors (Lipinski definition) is 1. The summed E-state index contributed by atoms with van der Waals surface area (Å²) in [5, 5.41) is 2.14. The van der Waals surface area contributed by atoms with Gasteiger partial charge in [0.15, 0.2) is 0 Å². The Morgan fingerprint density at radius 1 is 1.33 bits per heavy atom. The maximum absolute atomic E-state index is 11.5. The Morgan fingerprint density at radius 2 is 1.95 bits per heavy atom. The van der Waals surface area contributed by atoms with E-state index in [1.807, 2.05) is 6.07 Å². The fraction of sp³-hybridized carbons (Fsp3) is 0.333. The molecule has 7 nitrogen and oxygen atoms in total. The first kappa shape index (κ1) is 20.1. The van der Waals surface area contributed by atoms with Gasteiger partial charge in [-0.25, -0.2) is 9.59 Å². The number of esters is 1. The van der Waals surface area contributed by atoms with Crippen molar-refractivity contribution in [3.63, 3.8) is 0 Å². The molecule has 0 aliphatic heterocycles. The van der Waals surface area contributed by atoms with Crippen molar-refractivity contribution in [3.8, 4) is 0 Å². The van der Waals surface area contributed by atoms with E-state index >= 15 is 0 Å². The van der Waals surface area contributed by atoms with Crippen molar-refractivity contribution in [1.29, 1.82) is 0 Å². The molecule has 1 N–H and O–H groups in total. The smallest absolute Gasteiger partial charge is 0.772 e. The zero-order valence-corrected chi connectivity index (χ0v) is 14.6. The molecule has 1 aromatic carbocycles. The van der Waals surface area contributed by atoms with Crippen molar-refractivity contribution in [2.45, 2.75) is 12.6 Å². The zero-order valence-electron chi connectivity index (χ0n) is 11.7. The van der Waals surface area contributed by atoms with Gasteiger partial charge in [-0.3, -0.25) is 4.21 Å². The van der Waals surface area contributed by atoms with E-state index in [2.05, 4.69) is 10.1 Å². The topological polar surface area (TPSA) is 105 Å². The molecule has 0 saturated heterocycles. The van der Waals surface area contributed by atoms with Gasteiger partial charge in [0.1, 0.15) is 12.6 Å². The third-order valence-corrected chi connectivity index (χ3v) is 2.90. The van der Waals surface area contributed by atoms with Crippen molar-refractivity contribution in [3.05, 3.63) is 35.9 Å². The second-order valence-electron chi connectivity index (χ2n) is 3.75. The Hall–Kier alpha value is -0.930. The van der Waals surface area contributed by atoms with Crippen molar-refractivity contribution < 1.29 is 57.4 Å². The quantitative estimate of drug-likeness (QED) is 0.348. The Kier molecular flexibility index (Phi) is 10.3. The molecule has 0 heterocycles. The summed E-state index contributed by atoms with van der Waals surface area (Å²) in [6.45, 7) is 0.0149. The normalized spacial score (nSPS) is 12.5. The maximum atomic E-state index is 11.5. The number of alkyl carbamates (subject to hydrolysis) is 1. The maximum Gasteiger partial charge on any atom is 1.00 e. The Bertz CT molecular complexity index is 484. The second-order valence-corrected chi connectivity index (χ2v) is 4.69. The van der Waals surface area contributed by atoms with Gasteiger partial charge in [-0.15, -0.1) is 0 Å². The van der Waals surface area contributed by atoms with E-state index < -0.39 is 34.9 Å². The molecule has 0 aliphatic rings. The number of benzene rings is 1. The van der Waals surface area contributed by atoms with E-state index in [4.69, 9.17) is 4.74 Å². The number of carbonyl (C=O) groups is 2. The van der Waals surface area contributed by atoms with Gasteiger partial charge in [-0.1, -0.05) is 41.4 Å². The van der Waals surface area contributed by atoms with Gasteiger partial charge in [0.05, 0.1) is 7.11 Å². The van der Waals surface area contributed by atoms with E-state index in [1.165, 1.54) is 0 Å². The summed E-state index contributed by atoms with van der Waals surface area (Å²) in [6, 6.07) is 7.63. The average molecular weight is 323 g/mol. The second kappa shape index (κ2) is 10.7. The first-order valence-electron chi connectivity index (χ1n) is 5.64. The molecular formula is C12H14NNaO6S. The number of methoxy groups -OCH3 is 1. The molecule has 1 unspecified atom stereocenters. The molecule has 1 aromatic rings. The van der Waals surface area contributed by atoms with Crippen molar-refractivity contribution in [1.82, 2.24) is 5.32 Å². The SMILES string of the molecule is COC(=O)[C@H](CS(=O)[O-])NC(=O)OCc1ccccc1.[Na+]. The number of nitrogens with one attached hydrogen (secondary N) is 1. The van der Waals surface area contributed by atoms with E-state index in [9.17, 15) is 18.4 Å². The Morgan fingerprint density at radius 3 is 2.48 bits per heavy atom. The van der Waals surface area contributed by atoms with Gasteiger partial charge < -0.3 is 19.3 Å². The van der Waals surface area contributed by atoms with Gasteiger partial charge in [-0.2, -0.15) is 0 Å². The van der Waals surface area contributed by atoms with Crippen LogP contribution in [0.3, 0.4) is 0 Å². The van der Waals surface area contributed by atoms with Crippen molar-refractivity contribution in [2.75, 3.05) is 12.9 Å². The van der Waals surface area contributed by atoms with Crippen LogP contribution >= 0.6 is 0 Å². The third-order valence-electron chi connectivity index (χ3n) is 2.29. The van der Waals surface area contributed by atoms with Crippen LogP contribution in [-0.4, -0.2) is 39.7 Å². The molecule has 2 atom stereocenters. The fourth-order valence-corrected chi connectivity index (χ4v) is 1.85. The molecule has 0 aromatic heterocycles. The molecule has 0 fully saturated rings. The fourth-order valence-electron chi connectivity index (χ4n) is 1.35. The van der Waals surface area contributed by atoms with Crippen LogP contribution in [0.25, 0.3) is 0 Å². The third kappa shape index (κ3) is 8.18. The molecule has 0 radical (unpaired) electrons. The summed E-state index contributed by atoms with van der Waals surface area (Å²) in [7, 11) is 1.10. The summed E-state index contributed by atoms with van der Waals surface area (Å²) in [4.78, 5) is 22.8. The molecule has 9 heteroatoms. The molecule has 1 amide bonds. The van der Waals surface area contributed by atoms with Crippen molar-refractivity contribution >= 4 is 23.1 Å². The molecule has 110 valence electrons. The summed E-state index contributed by atoms with van der Waals surface area (Å²) in [6.07, 6.45) is -0.894. The summed E-state index contributed by atoms with van der Waals surface area (Å²) in [5.74, 6) is -1.43. The number of carbonyl (C=O) groups excluding carboxylic acids is 2.